The van der Waals surface area contributed by atoms with Crippen LogP contribution >= 0.6 is 0 Å². The van der Waals surface area contributed by atoms with E-state index in [1.807, 2.05) is 27.7 Å². The summed E-state index contributed by atoms with van der Waals surface area (Å²) in [6.07, 6.45) is 1.27. The third-order valence-corrected chi connectivity index (χ3v) is 3.02. The van der Waals surface area contributed by atoms with Crippen LogP contribution in [0.5, 0.6) is 0 Å². The fourth-order valence-electron chi connectivity index (χ4n) is 1.36. The van der Waals surface area contributed by atoms with Crippen LogP contribution in [-0.4, -0.2) is 23.3 Å². The van der Waals surface area contributed by atoms with Crippen molar-refractivity contribution in [3.63, 3.8) is 0 Å². The summed E-state index contributed by atoms with van der Waals surface area (Å²) in [5.74, 6) is -0.299. The van der Waals surface area contributed by atoms with Gasteiger partial charge in [-0.1, -0.05) is 0 Å². The molecule has 0 atom stereocenters. The lowest BCUT2D eigenvalue weighted by Crippen LogP contribution is -2.41. The molecule has 82 valence electrons. The van der Waals surface area contributed by atoms with E-state index < -0.39 is 25.2 Å². The van der Waals surface area contributed by atoms with Gasteiger partial charge in [0.15, 0.2) is 5.89 Å². The molecule has 2 rings (SSSR count). The highest BCUT2D eigenvalue weighted by Crippen LogP contribution is 2.36. The van der Waals surface area contributed by atoms with E-state index in [0.29, 0.717) is 5.59 Å². The number of aromatic nitrogens is 1. The third kappa shape index (κ3) is 1.70. The Morgan fingerprint density at radius 3 is 2.33 bits per heavy atom. The maximum absolute atomic E-state index is 7.21. The molecule has 1 fully saturated rings. The summed E-state index contributed by atoms with van der Waals surface area (Å²) in [6.45, 7) is 5.30. The van der Waals surface area contributed by atoms with Crippen LogP contribution in [0.4, 0.5) is 0 Å². The van der Waals surface area contributed by atoms with Gasteiger partial charge in [-0.2, -0.15) is 0 Å². The van der Waals surface area contributed by atoms with E-state index in [-0.39, 0.29) is 5.89 Å². The van der Waals surface area contributed by atoms with Crippen LogP contribution in [0.25, 0.3) is 0 Å². The van der Waals surface area contributed by atoms with E-state index >= 15 is 0 Å². The van der Waals surface area contributed by atoms with Gasteiger partial charge in [0.25, 0.3) is 0 Å². The second-order valence-electron chi connectivity index (χ2n) is 4.67. The molecule has 0 aliphatic carbocycles. The second-order valence-corrected chi connectivity index (χ2v) is 4.67. The van der Waals surface area contributed by atoms with Gasteiger partial charge in [0.2, 0.25) is 0 Å². The van der Waals surface area contributed by atoms with Gasteiger partial charge >= 0.3 is 7.12 Å². The van der Waals surface area contributed by atoms with Crippen LogP contribution in [0.15, 0.2) is 10.7 Å². The predicted molar refractivity (Wildman–Crippen MR) is 57.0 cm³/mol. The number of oxazole rings is 1. The molecule has 0 radical (unpaired) electrons. The zero-order chi connectivity index (χ0) is 13.8. The van der Waals surface area contributed by atoms with Gasteiger partial charge in [-0.25, -0.2) is 4.98 Å². The van der Waals surface area contributed by atoms with E-state index in [0.717, 1.165) is 0 Å². The Morgan fingerprint density at radius 1 is 1.27 bits per heavy atom. The van der Waals surface area contributed by atoms with Crippen LogP contribution in [0.3, 0.4) is 0 Å². The number of nitrogens with zero attached hydrogens (tertiary/aromatic N) is 1. The van der Waals surface area contributed by atoms with Gasteiger partial charge in [-0.3, -0.25) is 0 Å². The van der Waals surface area contributed by atoms with Crippen molar-refractivity contribution in [1.82, 2.24) is 4.98 Å². The first-order chi connectivity index (χ1) is 8.03. The molecule has 0 bridgehead atoms. The van der Waals surface area contributed by atoms with Crippen molar-refractivity contribution in [2.24, 2.45) is 0 Å². The highest BCUT2D eigenvalue weighted by atomic mass is 16.7. The first-order valence-electron chi connectivity index (χ1n) is 6.34. The highest BCUT2D eigenvalue weighted by Gasteiger charge is 2.52. The Bertz CT molecular complexity index is 439. The zero-order valence-corrected chi connectivity index (χ0v) is 9.33. The summed E-state index contributed by atoms with van der Waals surface area (Å²) in [5, 5.41) is 0. The normalized spacial score (nSPS) is 27.2. The molecular weight excluding hydrogens is 193 g/mol. The summed E-state index contributed by atoms with van der Waals surface area (Å²) in [6, 6.07) is 0. The van der Waals surface area contributed by atoms with E-state index in [1.165, 1.54) is 6.26 Å². The van der Waals surface area contributed by atoms with Crippen molar-refractivity contribution < 1.29 is 17.8 Å². The molecule has 1 aliphatic heterocycles. The summed E-state index contributed by atoms with van der Waals surface area (Å²) in [7, 11) is -0.699. The summed E-state index contributed by atoms with van der Waals surface area (Å²) < 4.78 is 38.1. The van der Waals surface area contributed by atoms with Gasteiger partial charge in [0.1, 0.15) is 11.9 Å². The Morgan fingerprint density at radius 2 is 1.87 bits per heavy atom. The molecule has 15 heavy (non-hydrogen) atoms. The molecule has 4 nitrogen and oxygen atoms in total. The first kappa shape index (κ1) is 7.47. The summed E-state index contributed by atoms with van der Waals surface area (Å²) in [5.41, 5.74) is -0.632. The minimum Gasteiger partial charge on any atom is -0.450 e. The number of hydrogen-bond acceptors (Lipinski definition) is 4. The summed E-state index contributed by atoms with van der Waals surface area (Å²) in [4.78, 5) is 3.92. The quantitative estimate of drug-likeness (QED) is 0.657. The van der Waals surface area contributed by atoms with E-state index in [4.69, 9.17) is 17.8 Å². The van der Waals surface area contributed by atoms with E-state index in [9.17, 15) is 0 Å². The first-order valence-corrected chi connectivity index (χ1v) is 4.84. The fourth-order valence-corrected chi connectivity index (χ4v) is 1.36. The Kier molecular flexibility index (Phi) is 1.54. The molecule has 0 spiro atoms. The van der Waals surface area contributed by atoms with Crippen LogP contribution in [-0.2, 0) is 9.31 Å². The van der Waals surface area contributed by atoms with Crippen LogP contribution in [0.2, 0.25) is 0 Å². The smallest absolute Gasteiger partial charge is 0.450 e. The van der Waals surface area contributed by atoms with Crippen molar-refractivity contribution in [2.45, 2.75) is 45.7 Å². The second kappa shape index (κ2) is 3.09. The molecule has 0 aromatic carbocycles. The van der Waals surface area contributed by atoms with Crippen molar-refractivity contribution in [1.29, 1.82) is 0 Å². The lowest BCUT2D eigenvalue weighted by molar-refractivity contribution is 0.00578. The fraction of sp³-hybridized carbons (Fsp3) is 0.700. The minimum atomic E-state index is -2.36. The number of rotatable bonds is 1. The lowest BCUT2D eigenvalue weighted by Gasteiger charge is -2.32. The number of aryl methyl sites for hydroxylation is 1. The van der Waals surface area contributed by atoms with Crippen LogP contribution in [0.1, 0.15) is 37.7 Å². The molecule has 5 heteroatoms. The topological polar surface area (TPSA) is 44.5 Å². The van der Waals surface area contributed by atoms with Crippen molar-refractivity contribution >= 4 is 12.7 Å². The molecule has 2 heterocycles. The van der Waals surface area contributed by atoms with Gasteiger partial charge in [0, 0.05) is 11.0 Å². The Balaban J connectivity index is 2.23. The molecule has 1 aromatic rings. The van der Waals surface area contributed by atoms with Gasteiger partial charge in [-0.15, -0.1) is 0 Å². The Hall–Kier alpha value is -0.805. The molecule has 0 unspecified atom stereocenters. The molecule has 1 aliphatic rings. The maximum atomic E-state index is 7.21. The molecular formula is C10H16BNO3. The van der Waals surface area contributed by atoms with Crippen molar-refractivity contribution in [3.8, 4) is 0 Å². The average molecular weight is 212 g/mol. The molecule has 0 amide bonds. The van der Waals surface area contributed by atoms with E-state index in [2.05, 4.69) is 4.98 Å². The van der Waals surface area contributed by atoms with E-state index in [1.54, 1.807) is 0 Å². The van der Waals surface area contributed by atoms with Gasteiger partial charge < -0.3 is 13.7 Å². The standard InChI is InChI=1S/C10H16BNO3/c1-7-12-8(6-13-7)11-14-9(2,3)10(4,5)15-11/h6H,1-5H3/i1D3. The zero-order valence-electron chi connectivity index (χ0n) is 12.3. The van der Waals surface area contributed by atoms with Gasteiger partial charge in [-0.05, 0) is 27.7 Å². The molecule has 1 saturated heterocycles. The van der Waals surface area contributed by atoms with Crippen molar-refractivity contribution in [3.05, 3.63) is 12.2 Å². The van der Waals surface area contributed by atoms with Crippen LogP contribution < -0.4 is 5.59 Å². The minimum absolute atomic E-state index is 0.299. The Labute approximate surface area is 94.3 Å². The number of hydrogen-bond donors (Lipinski definition) is 0. The van der Waals surface area contributed by atoms with Crippen molar-refractivity contribution in [2.75, 3.05) is 0 Å². The third-order valence-electron chi connectivity index (χ3n) is 3.02. The average Bonchev–Trinajstić information content (AvgIpc) is 2.69. The maximum Gasteiger partial charge on any atom is 0.517 e. The predicted octanol–water partition coefficient (Wildman–Crippen LogP) is 1.28. The lowest BCUT2D eigenvalue weighted by atomic mass is 9.86. The highest BCUT2D eigenvalue weighted by molar-refractivity contribution is 6.61. The van der Waals surface area contributed by atoms with Crippen LogP contribution in [0, 0.1) is 6.85 Å². The largest absolute Gasteiger partial charge is 0.517 e. The monoisotopic (exact) mass is 212 g/mol. The molecule has 1 aromatic heterocycles. The molecule has 0 N–H and O–H groups in total. The SMILES string of the molecule is [2H]C([2H])([2H])c1nc(B2OC(C)(C)C(C)(C)O2)co1. The van der Waals surface area contributed by atoms with Gasteiger partial charge in [0.05, 0.1) is 11.2 Å². The summed E-state index contributed by atoms with van der Waals surface area (Å²) >= 11 is 0. The molecule has 0 saturated carbocycles.